The zero-order valence-corrected chi connectivity index (χ0v) is 19.9. The van der Waals surface area contributed by atoms with Gasteiger partial charge in [0.2, 0.25) is 5.91 Å². The lowest BCUT2D eigenvalue weighted by Crippen LogP contribution is -2.68. The van der Waals surface area contributed by atoms with Crippen molar-refractivity contribution >= 4 is 17.7 Å². The van der Waals surface area contributed by atoms with Gasteiger partial charge in [-0.05, 0) is 63.0 Å². The summed E-state index contributed by atoms with van der Waals surface area (Å²) >= 11 is 0. The number of hydroxylamine groups is 1. The fourth-order valence-corrected chi connectivity index (χ4v) is 3.31. The normalized spacial score (nSPS) is 13.3. The van der Waals surface area contributed by atoms with Gasteiger partial charge in [-0.1, -0.05) is 24.0 Å². The van der Waals surface area contributed by atoms with Crippen LogP contribution in [0.4, 0.5) is 8.78 Å². The molecular formula is C25H28F2N4O4. The summed E-state index contributed by atoms with van der Waals surface area (Å²) in [6.45, 7) is 2.71. The second-order valence-corrected chi connectivity index (χ2v) is 8.41. The number of rotatable bonds is 8. The number of hydrogen-bond acceptors (Lipinski definition) is 5. The Morgan fingerprint density at radius 1 is 1.00 bits per heavy atom. The zero-order chi connectivity index (χ0) is 26.2. The van der Waals surface area contributed by atoms with Gasteiger partial charge in [0.1, 0.15) is 11.6 Å². The maximum absolute atomic E-state index is 13.8. The van der Waals surface area contributed by atoms with Crippen LogP contribution in [0.15, 0.2) is 48.5 Å². The third-order valence-electron chi connectivity index (χ3n) is 5.10. The molecule has 35 heavy (non-hydrogen) atoms. The van der Waals surface area contributed by atoms with Crippen molar-refractivity contribution in [1.82, 2.24) is 21.0 Å². The van der Waals surface area contributed by atoms with E-state index in [0.717, 1.165) is 31.5 Å². The van der Waals surface area contributed by atoms with Gasteiger partial charge < -0.3 is 15.5 Å². The molecule has 3 amide bonds. The van der Waals surface area contributed by atoms with Gasteiger partial charge in [-0.25, -0.2) is 14.3 Å². The molecule has 2 aromatic carbocycles. The van der Waals surface area contributed by atoms with E-state index < -0.39 is 35.7 Å². The van der Waals surface area contributed by atoms with E-state index in [4.69, 9.17) is 5.21 Å². The van der Waals surface area contributed by atoms with Crippen molar-refractivity contribution in [3.05, 3.63) is 70.8 Å². The third kappa shape index (κ3) is 7.60. The summed E-state index contributed by atoms with van der Waals surface area (Å²) < 4.78 is 27.5. The van der Waals surface area contributed by atoms with Crippen molar-refractivity contribution in [3.63, 3.8) is 0 Å². The minimum atomic E-state index is -3.23. The number of alkyl halides is 2. The van der Waals surface area contributed by atoms with Crippen molar-refractivity contribution in [3.8, 4) is 11.8 Å². The molecular weight excluding hydrogens is 458 g/mol. The summed E-state index contributed by atoms with van der Waals surface area (Å²) in [5.74, 6) is 3.00. The maximum atomic E-state index is 13.8. The van der Waals surface area contributed by atoms with E-state index in [1.807, 2.05) is 43.7 Å². The molecule has 8 nitrogen and oxygen atoms in total. The zero-order valence-electron chi connectivity index (χ0n) is 19.9. The van der Waals surface area contributed by atoms with Crippen LogP contribution in [0, 0.1) is 11.8 Å². The van der Waals surface area contributed by atoms with Crippen molar-refractivity contribution < 1.29 is 28.4 Å². The van der Waals surface area contributed by atoms with Crippen LogP contribution in [0.3, 0.4) is 0 Å². The van der Waals surface area contributed by atoms with Gasteiger partial charge in [-0.3, -0.25) is 19.6 Å². The summed E-state index contributed by atoms with van der Waals surface area (Å²) in [4.78, 5) is 38.2. The van der Waals surface area contributed by atoms with E-state index in [-0.39, 0.29) is 5.56 Å². The van der Waals surface area contributed by atoms with Gasteiger partial charge in [0.25, 0.3) is 18.2 Å². The standard InChI is InChI=1S/C25H28F2N4O4/c1-16(32)29-25(2,24(26)27)21(23(34)30-35)28-22(33)20-13-11-18(12-14-20)6-5-17-7-9-19(10-8-17)15-31(3)4/h7-14,21,24,35H,15H2,1-4H3,(H,28,33)(H,29,32)(H,30,34)/t21-,25?/m1/s1. The minimum Gasteiger partial charge on any atom is -0.343 e. The Morgan fingerprint density at radius 3 is 1.94 bits per heavy atom. The Bertz CT molecular complexity index is 1110. The molecule has 0 saturated carbocycles. The highest BCUT2D eigenvalue weighted by Gasteiger charge is 2.48. The molecule has 0 aliphatic rings. The molecule has 0 saturated heterocycles. The molecule has 0 spiro atoms. The lowest BCUT2D eigenvalue weighted by atomic mass is 9.91. The number of carbonyl (C=O) groups is 3. The fourth-order valence-electron chi connectivity index (χ4n) is 3.31. The molecule has 0 heterocycles. The van der Waals surface area contributed by atoms with Gasteiger partial charge in [0.15, 0.2) is 0 Å². The van der Waals surface area contributed by atoms with Crippen LogP contribution < -0.4 is 16.1 Å². The first kappa shape index (κ1) is 27.4. The van der Waals surface area contributed by atoms with Crippen molar-refractivity contribution in [2.75, 3.05) is 14.1 Å². The smallest absolute Gasteiger partial charge is 0.268 e. The molecule has 0 aliphatic heterocycles. The van der Waals surface area contributed by atoms with E-state index in [9.17, 15) is 23.2 Å². The quantitative estimate of drug-likeness (QED) is 0.259. The van der Waals surface area contributed by atoms with Gasteiger partial charge in [0.05, 0.1) is 0 Å². The molecule has 2 aromatic rings. The van der Waals surface area contributed by atoms with Gasteiger partial charge >= 0.3 is 0 Å². The lowest BCUT2D eigenvalue weighted by molar-refractivity contribution is -0.137. The van der Waals surface area contributed by atoms with Gasteiger partial charge in [0, 0.05) is 30.2 Å². The Morgan fingerprint density at radius 2 is 1.51 bits per heavy atom. The molecule has 0 radical (unpaired) electrons. The topological polar surface area (TPSA) is 111 Å². The van der Waals surface area contributed by atoms with Crippen LogP contribution in [0.1, 0.15) is 40.9 Å². The number of benzene rings is 2. The highest BCUT2D eigenvalue weighted by atomic mass is 19.3. The number of nitrogens with zero attached hydrogens (tertiary/aromatic N) is 1. The first-order chi connectivity index (χ1) is 16.5. The Balaban J connectivity index is 2.17. The van der Waals surface area contributed by atoms with E-state index in [0.29, 0.717) is 5.56 Å². The maximum Gasteiger partial charge on any atom is 0.268 e. The summed E-state index contributed by atoms with van der Waals surface area (Å²) in [5, 5.41) is 13.1. The first-order valence-corrected chi connectivity index (χ1v) is 10.6. The summed E-state index contributed by atoms with van der Waals surface area (Å²) in [5.41, 5.74) is 1.43. The predicted octanol–water partition coefficient (Wildman–Crippen LogP) is 1.91. The van der Waals surface area contributed by atoms with Crippen molar-refractivity contribution in [1.29, 1.82) is 0 Å². The van der Waals surface area contributed by atoms with E-state index in [1.54, 1.807) is 12.1 Å². The third-order valence-corrected chi connectivity index (χ3v) is 5.10. The molecule has 4 N–H and O–H groups in total. The van der Waals surface area contributed by atoms with Crippen LogP contribution in [-0.4, -0.2) is 59.9 Å². The highest BCUT2D eigenvalue weighted by Crippen LogP contribution is 2.21. The van der Waals surface area contributed by atoms with E-state index >= 15 is 0 Å². The van der Waals surface area contributed by atoms with Gasteiger partial charge in [-0.15, -0.1) is 0 Å². The second-order valence-electron chi connectivity index (χ2n) is 8.41. The Kier molecular flexibility index (Phi) is 9.45. The van der Waals surface area contributed by atoms with Crippen LogP contribution in [0.25, 0.3) is 0 Å². The Hall–Kier alpha value is -3.81. The van der Waals surface area contributed by atoms with Crippen LogP contribution in [0.5, 0.6) is 0 Å². The number of nitrogens with one attached hydrogen (secondary N) is 3. The molecule has 0 fully saturated rings. The fraction of sp³-hybridized carbons (Fsp3) is 0.320. The SMILES string of the molecule is CC(=O)NC(C)(C(F)F)[C@H](NC(=O)c1ccc(C#Cc2ccc(CN(C)C)cc2)cc1)C(=O)NO. The summed E-state index contributed by atoms with van der Waals surface area (Å²) in [6, 6.07) is 11.8. The van der Waals surface area contributed by atoms with Crippen molar-refractivity contribution in [2.45, 2.75) is 38.4 Å². The first-order valence-electron chi connectivity index (χ1n) is 10.6. The largest absolute Gasteiger partial charge is 0.343 e. The van der Waals surface area contributed by atoms with E-state index in [1.165, 1.54) is 17.6 Å². The number of carbonyl (C=O) groups excluding carboxylic acids is 3. The summed E-state index contributed by atoms with van der Waals surface area (Å²) in [6.07, 6.45) is -3.23. The molecule has 1 unspecified atom stereocenters. The number of hydrogen-bond donors (Lipinski definition) is 4. The van der Waals surface area contributed by atoms with Crippen LogP contribution in [0.2, 0.25) is 0 Å². The minimum absolute atomic E-state index is 0.0683. The molecule has 2 rings (SSSR count). The molecule has 0 aliphatic carbocycles. The predicted molar refractivity (Wildman–Crippen MR) is 126 cm³/mol. The molecule has 2 atom stereocenters. The molecule has 0 bridgehead atoms. The highest BCUT2D eigenvalue weighted by molar-refractivity contribution is 5.98. The van der Waals surface area contributed by atoms with Gasteiger partial charge in [-0.2, -0.15) is 0 Å². The Labute approximate surface area is 202 Å². The monoisotopic (exact) mass is 486 g/mol. The molecule has 186 valence electrons. The van der Waals surface area contributed by atoms with Crippen molar-refractivity contribution in [2.24, 2.45) is 0 Å². The average molecular weight is 487 g/mol. The average Bonchev–Trinajstić information content (AvgIpc) is 2.80. The van der Waals surface area contributed by atoms with E-state index in [2.05, 4.69) is 22.1 Å². The molecule has 0 aromatic heterocycles. The summed E-state index contributed by atoms with van der Waals surface area (Å²) in [7, 11) is 3.97. The van der Waals surface area contributed by atoms with Crippen LogP contribution >= 0.6 is 0 Å². The number of halogens is 2. The van der Waals surface area contributed by atoms with Crippen LogP contribution in [-0.2, 0) is 16.1 Å². The molecule has 10 heteroatoms. The number of amides is 3. The lowest BCUT2D eigenvalue weighted by Gasteiger charge is -2.36. The second kappa shape index (κ2) is 12.1.